The molecule has 1 aliphatic rings. The molecule has 3 rings (SSSR count). The first-order valence-corrected chi connectivity index (χ1v) is 8.25. The molecule has 0 spiro atoms. The average Bonchev–Trinajstić information content (AvgIpc) is 2.68. The van der Waals surface area contributed by atoms with Gasteiger partial charge in [-0.15, -0.1) is 0 Å². The molecule has 1 amide bonds. The first-order valence-electron chi connectivity index (χ1n) is 8.25. The summed E-state index contributed by atoms with van der Waals surface area (Å²) in [6.45, 7) is 5.30. The number of hydrogen-bond donors (Lipinski definition) is 0. The van der Waals surface area contributed by atoms with Gasteiger partial charge < -0.3 is 9.80 Å². The minimum Gasteiger partial charge on any atom is -0.338 e. The molecule has 0 N–H and O–H groups in total. The third-order valence-electron chi connectivity index (χ3n) is 4.53. The van der Waals surface area contributed by atoms with E-state index in [1.165, 1.54) is 0 Å². The van der Waals surface area contributed by atoms with Crippen LogP contribution in [0.1, 0.15) is 6.92 Å². The zero-order chi connectivity index (χ0) is 16.9. The summed E-state index contributed by atoms with van der Waals surface area (Å²) in [6.07, 6.45) is 3.52. The maximum atomic E-state index is 12.7. The van der Waals surface area contributed by atoms with E-state index in [1.54, 1.807) is 17.3 Å². The molecule has 1 atom stereocenters. The Morgan fingerprint density at radius 3 is 2.29 bits per heavy atom. The third kappa shape index (κ3) is 3.54. The lowest BCUT2D eigenvalue weighted by atomic mass is 10.2. The van der Waals surface area contributed by atoms with Gasteiger partial charge in [0.25, 0.3) is 0 Å². The van der Waals surface area contributed by atoms with E-state index in [4.69, 9.17) is 0 Å². The Labute approximate surface area is 142 Å². The van der Waals surface area contributed by atoms with Crippen molar-refractivity contribution in [3.63, 3.8) is 0 Å². The second kappa shape index (κ2) is 7.40. The molecule has 126 valence electrons. The summed E-state index contributed by atoms with van der Waals surface area (Å²) < 4.78 is 0. The SMILES string of the molecule is C[C@H](C(=O)N(C)c1ccccc1)N1CCN(c2ncccn2)CC1. The summed E-state index contributed by atoms with van der Waals surface area (Å²) in [5, 5.41) is 0. The summed E-state index contributed by atoms with van der Waals surface area (Å²) in [6, 6.07) is 11.4. The average molecular weight is 325 g/mol. The fourth-order valence-corrected chi connectivity index (χ4v) is 2.98. The highest BCUT2D eigenvalue weighted by Crippen LogP contribution is 2.16. The largest absolute Gasteiger partial charge is 0.338 e. The Kier molecular flexibility index (Phi) is 5.05. The molecule has 1 aromatic heterocycles. The van der Waals surface area contributed by atoms with Crippen LogP contribution < -0.4 is 9.80 Å². The van der Waals surface area contributed by atoms with Crippen LogP contribution in [0, 0.1) is 0 Å². The lowest BCUT2D eigenvalue weighted by Gasteiger charge is -2.38. The zero-order valence-corrected chi connectivity index (χ0v) is 14.2. The Morgan fingerprint density at radius 1 is 1.04 bits per heavy atom. The van der Waals surface area contributed by atoms with Crippen LogP contribution in [0.3, 0.4) is 0 Å². The van der Waals surface area contributed by atoms with Gasteiger partial charge in [-0.1, -0.05) is 18.2 Å². The molecule has 0 bridgehead atoms. The van der Waals surface area contributed by atoms with Gasteiger partial charge in [0, 0.05) is 51.3 Å². The monoisotopic (exact) mass is 325 g/mol. The van der Waals surface area contributed by atoms with E-state index in [-0.39, 0.29) is 11.9 Å². The highest BCUT2D eigenvalue weighted by Gasteiger charge is 2.28. The third-order valence-corrected chi connectivity index (χ3v) is 4.53. The fraction of sp³-hybridized carbons (Fsp3) is 0.389. The van der Waals surface area contributed by atoms with E-state index >= 15 is 0 Å². The molecule has 2 heterocycles. The first kappa shape index (κ1) is 16.4. The van der Waals surface area contributed by atoms with Crippen molar-refractivity contribution in [1.82, 2.24) is 14.9 Å². The van der Waals surface area contributed by atoms with Crippen molar-refractivity contribution in [3.05, 3.63) is 48.8 Å². The topological polar surface area (TPSA) is 52.6 Å². The maximum absolute atomic E-state index is 12.7. The van der Waals surface area contributed by atoms with Crippen molar-refractivity contribution < 1.29 is 4.79 Å². The highest BCUT2D eigenvalue weighted by molar-refractivity contribution is 5.96. The molecular weight excluding hydrogens is 302 g/mol. The molecule has 6 heteroatoms. The first-order chi connectivity index (χ1) is 11.7. The van der Waals surface area contributed by atoms with E-state index in [0.717, 1.165) is 37.8 Å². The normalized spacial score (nSPS) is 16.7. The van der Waals surface area contributed by atoms with E-state index < -0.39 is 0 Å². The van der Waals surface area contributed by atoms with Crippen molar-refractivity contribution >= 4 is 17.5 Å². The van der Waals surface area contributed by atoms with Crippen molar-refractivity contribution in [3.8, 4) is 0 Å². The van der Waals surface area contributed by atoms with Crippen molar-refractivity contribution in [2.45, 2.75) is 13.0 Å². The summed E-state index contributed by atoms with van der Waals surface area (Å²) in [5.41, 5.74) is 0.922. The van der Waals surface area contributed by atoms with E-state index in [0.29, 0.717) is 0 Å². The Bertz CT molecular complexity index is 656. The van der Waals surface area contributed by atoms with Crippen LogP contribution in [-0.2, 0) is 4.79 Å². The predicted octanol–water partition coefficient (Wildman–Crippen LogP) is 1.65. The van der Waals surface area contributed by atoms with Gasteiger partial charge in [-0.3, -0.25) is 9.69 Å². The van der Waals surface area contributed by atoms with E-state index in [9.17, 15) is 4.79 Å². The summed E-state index contributed by atoms with van der Waals surface area (Å²) in [7, 11) is 1.84. The molecule has 1 aromatic carbocycles. The number of rotatable bonds is 4. The minimum absolute atomic E-state index is 0.116. The van der Waals surface area contributed by atoms with Crippen molar-refractivity contribution in [1.29, 1.82) is 0 Å². The molecule has 1 fully saturated rings. The molecule has 1 saturated heterocycles. The number of nitrogens with zero attached hydrogens (tertiary/aromatic N) is 5. The van der Waals surface area contributed by atoms with Crippen LogP contribution >= 0.6 is 0 Å². The van der Waals surface area contributed by atoms with Crippen LogP contribution in [0.15, 0.2) is 48.8 Å². The van der Waals surface area contributed by atoms with Gasteiger partial charge in [-0.05, 0) is 25.1 Å². The molecular formula is C18H23N5O. The fourth-order valence-electron chi connectivity index (χ4n) is 2.98. The number of benzene rings is 1. The highest BCUT2D eigenvalue weighted by atomic mass is 16.2. The number of carbonyl (C=O) groups excluding carboxylic acids is 1. The molecule has 0 radical (unpaired) electrons. The molecule has 2 aromatic rings. The Morgan fingerprint density at radius 2 is 1.67 bits per heavy atom. The molecule has 0 saturated carbocycles. The van der Waals surface area contributed by atoms with Crippen LogP contribution in [0.4, 0.5) is 11.6 Å². The van der Waals surface area contributed by atoms with Crippen LogP contribution in [0.2, 0.25) is 0 Å². The van der Waals surface area contributed by atoms with Gasteiger partial charge in [0.2, 0.25) is 11.9 Å². The standard InChI is InChI=1S/C18H23N5O/c1-15(17(24)21(2)16-7-4-3-5-8-16)22-11-13-23(14-12-22)18-19-9-6-10-20-18/h3-10,15H,11-14H2,1-2H3/t15-/m1/s1. The quantitative estimate of drug-likeness (QED) is 0.855. The zero-order valence-electron chi connectivity index (χ0n) is 14.2. The lowest BCUT2D eigenvalue weighted by molar-refractivity contribution is -0.123. The molecule has 1 aliphatic heterocycles. The Balaban J connectivity index is 1.58. The van der Waals surface area contributed by atoms with Crippen molar-refractivity contribution in [2.75, 3.05) is 43.0 Å². The smallest absolute Gasteiger partial charge is 0.243 e. The Hall–Kier alpha value is -2.47. The number of amides is 1. The number of anilines is 2. The van der Waals surface area contributed by atoms with Gasteiger partial charge in [-0.2, -0.15) is 0 Å². The number of piperazine rings is 1. The molecule has 0 aliphatic carbocycles. The predicted molar refractivity (Wildman–Crippen MR) is 95.1 cm³/mol. The second-order valence-electron chi connectivity index (χ2n) is 5.98. The molecule has 0 unspecified atom stereocenters. The number of carbonyl (C=O) groups is 1. The van der Waals surface area contributed by atoms with Crippen molar-refractivity contribution in [2.24, 2.45) is 0 Å². The lowest BCUT2D eigenvalue weighted by Crippen LogP contribution is -2.54. The van der Waals surface area contributed by atoms with Gasteiger partial charge in [0.05, 0.1) is 6.04 Å². The second-order valence-corrected chi connectivity index (χ2v) is 5.98. The maximum Gasteiger partial charge on any atom is 0.243 e. The van der Waals surface area contributed by atoms with Gasteiger partial charge in [-0.25, -0.2) is 9.97 Å². The van der Waals surface area contributed by atoms with E-state index in [1.807, 2.05) is 50.4 Å². The number of para-hydroxylation sites is 1. The van der Waals surface area contributed by atoms with Gasteiger partial charge in [0.15, 0.2) is 0 Å². The molecule has 6 nitrogen and oxygen atoms in total. The van der Waals surface area contributed by atoms with Crippen LogP contribution in [-0.4, -0.2) is 60.0 Å². The van der Waals surface area contributed by atoms with Crippen LogP contribution in [0.25, 0.3) is 0 Å². The number of aromatic nitrogens is 2. The van der Waals surface area contributed by atoms with E-state index in [2.05, 4.69) is 19.8 Å². The van der Waals surface area contributed by atoms with Gasteiger partial charge >= 0.3 is 0 Å². The summed E-state index contributed by atoms with van der Waals surface area (Å²) in [5.74, 6) is 0.878. The number of likely N-dealkylation sites (N-methyl/N-ethyl adjacent to an activating group) is 1. The van der Waals surface area contributed by atoms with Crippen LogP contribution in [0.5, 0.6) is 0 Å². The van der Waals surface area contributed by atoms with Gasteiger partial charge in [0.1, 0.15) is 0 Å². The summed E-state index contributed by atoms with van der Waals surface area (Å²) >= 11 is 0. The summed E-state index contributed by atoms with van der Waals surface area (Å²) in [4.78, 5) is 27.5. The minimum atomic E-state index is -0.144. The molecule has 24 heavy (non-hydrogen) atoms. The number of hydrogen-bond acceptors (Lipinski definition) is 5.